The summed E-state index contributed by atoms with van der Waals surface area (Å²) < 4.78 is 0. The Labute approximate surface area is 111 Å². The van der Waals surface area contributed by atoms with Gasteiger partial charge in [0.15, 0.2) is 5.78 Å². The van der Waals surface area contributed by atoms with Gasteiger partial charge in [-0.2, -0.15) is 0 Å². The highest BCUT2D eigenvalue weighted by molar-refractivity contribution is 5.87. The Morgan fingerprint density at radius 2 is 1.79 bits per heavy atom. The third kappa shape index (κ3) is 4.60. The Hall–Kier alpha value is -1.47. The molecular weight excluding hydrogens is 250 g/mol. The normalized spacial score (nSPS) is 15.6. The number of ketones is 1. The Morgan fingerprint density at radius 1 is 1.21 bits per heavy atom. The van der Waals surface area contributed by atoms with Crippen LogP contribution in [-0.2, 0) is 4.79 Å². The van der Waals surface area contributed by atoms with Crippen LogP contribution >= 0.6 is 0 Å². The van der Waals surface area contributed by atoms with Crippen LogP contribution in [0.15, 0.2) is 24.3 Å². The minimum absolute atomic E-state index is 0.181. The molecule has 0 spiro atoms. The number of anilines is 1. The van der Waals surface area contributed by atoms with Crippen LogP contribution < -0.4 is 5.32 Å². The van der Waals surface area contributed by atoms with Gasteiger partial charge in [-0.15, -0.1) is 0 Å². The molecule has 106 valence electrons. The van der Waals surface area contributed by atoms with Gasteiger partial charge in [0, 0.05) is 5.69 Å². The minimum atomic E-state index is -1.74. The smallest absolute Gasteiger partial charge is 0.182 e. The standard InChI is InChI=1S/C13H19NO5/c1-8-2-4-9(5-3-8)14-6-10(16)12(18)13(19)11(17)7-15/h2-5,11-15,17-19H,6-7H2,1H3/t11-,12-,13-/m0/s1. The van der Waals surface area contributed by atoms with E-state index in [1.54, 1.807) is 12.1 Å². The van der Waals surface area contributed by atoms with Gasteiger partial charge in [-0.3, -0.25) is 4.79 Å². The zero-order valence-electron chi connectivity index (χ0n) is 10.7. The number of carbonyl (C=O) groups is 1. The van der Waals surface area contributed by atoms with Crippen LogP contribution in [-0.4, -0.2) is 57.7 Å². The van der Waals surface area contributed by atoms with Gasteiger partial charge in [-0.1, -0.05) is 17.7 Å². The second kappa shape index (κ2) is 7.20. The lowest BCUT2D eigenvalue weighted by atomic mass is 10.0. The minimum Gasteiger partial charge on any atom is -0.394 e. The Morgan fingerprint density at radius 3 is 2.32 bits per heavy atom. The summed E-state index contributed by atoms with van der Waals surface area (Å²) in [4.78, 5) is 11.6. The molecular formula is C13H19NO5. The van der Waals surface area contributed by atoms with Crippen molar-refractivity contribution in [1.29, 1.82) is 0 Å². The van der Waals surface area contributed by atoms with E-state index in [-0.39, 0.29) is 6.54 Å². The van der Waals surface area contributed by atoms with Crippen molar-refractivity contribution < 1.29 is 25.2 Å². The number of aliphatic hydroxyl groups is 4. The van der Waals surface area contributed by atoms with Gasteiger partial charge < -0.3 is 25.7 Å². The highest BCUT2D eigenvalue weighted by Crippen LogP contribution is 2.09. The largest absolute Gasteiger partial charge is 0.394 e. The zero-order chi connectivity index (χ0) is 14.4. The molecule has 0 saturated carbocycles. The average Bonchev–Trinajstić information content (AvgIpc) is 2.43. The molecule has 6 nitrogen and oxygen atoms in total. The second-order valence-corrected chi connectivity index (χ2v) is 4.37. The molecule has 5 N–H and O–H groups in total. The fourth-order valence-corrected chi connectivity index (χ4v) is 1.47. The van der Waals surface area contributed by atoms with E-state index in [1.807, 2.05) is 19.1 Å². The van der Waals surface area contributed by atoms with E-state index in [1.165, 1.54) is 0 Å². The molecule has 0 fully saturated rings. The summed E-state index contributed by atoms with van der Waals surface area (Å²) in [7, 11) is 0. The number of nitrogens with one attached hydrogen (secondary N) is 1. The van der Waals surface area contributed by atoms with E-state index in [0.29, 0.717) is 5.69 Å². The third-order valence-electron chi connectivity index (χ3n) is 2.75. The van der Waals surface area contributed by atoms with Crippen molar-refractivity contribution in [1.82, 2.24) is 0 Å². The van der Waals surface area contributed by atoms with Gasteiger partial charge in [0.2, 0.25) is 0 Å². The molecule has 0 aliphatic carbocycles. The molecule has 0 radical (unpaired) electrons. The summed E-state index contributed by atoms with van der Waals surface area (Å²) in [5, 5.41) is 39.4. The third-order valence-corrected chi connectivity index (χ3v) is 2.75. The van der Waals surface area contributed by atoms with Gasteiger partial charge >= 0.3 is 0 Å². The lowest BCUT2D eigenvalue weighted by molar-refractivity contribution is -0.138. The summed E-state index contributed by atoms with van der Waals surface area (Å²) in [5.74, 6) is -0.666. The maximum atomic E-state index is 11.6. The quantitative estimate of drug-likeness (QED) is 0.436. The first-order chi connectivity index (χ1) is 8.95. The van der Waals surface area contributed by atoms with Gasteiger partial charge in [-0.25, -0.2) is 0 Å². The molecule has 3 atom stereocenters. The molecule has 0 bridgehead atoms. The first-order valence-electron chi connectivity index (χ1n) is 5.94. The molecule has 0 saturated heterocycles. The van der Waals surface area contributed by atoms with E-state index in [4.69, 9.17) is 10.2 Å². The number of hydrogen-bond acceptors (Lipinski definition) is 6. The fourth-order valence-electron chi connectivity index (χ4n) is 1.47. The molecule has 1 aromatic carbocycles. The summed E-state index contributed by atoms with van der Waals surface area (Å²) in [6, 6.07) is 7.31. The molecule has 0 heterocycles. The number of rotatable bonds is 7. The van der Waals surface area contributed by atoms with Gasteiger partial charge in [0.1, 0.15) is 18.3 Å². The average molecular weight is 269 g/mol. The van der Waals surface area contributed by atoms with E-state index >= 15 is 0 Å². The number of aliphatic hydroxyl groups excluding tert-OH is 4. The molecule has 6 heteroatoms. The zero-order valence-corrected chi connectivity index (χ0v) is 10.7. The summed E-state index contributed by atoms with van der Waals surface area (Å²) >= 11 is 0. The highest BCUT2D eigenvalue weighted by atomic mass is 16.4. The molecule has 1 aromatic rings. The maximum absolute atomic E-state index is 11.6. The number of Topliss-reactive ketones (excluding diaryl/α,β-unsaturated/α-hetero) is 1. The summed E-state index contributed by atoms with van der Waals surface area (Å²) in [6.45, 7) is 1.03. The van der Waals surface area contributed by atoms with E-state index < -0.39 is 30.7 Å². The van der Waals surface area contributed by atoms with Gasteiger partial charge in [-0.05, 0) is 19.1 Å². The van der Waals surface area contributed by atoms with Crippen molar-refractivity contribution in [3.8, 4) is 0 Å². The van der Waals surface area contributed by atoms with Crippen molar-refractivity contribution in [2.45, 2.75) is 25.2 Å². The molecule has 19 heavy (non-hydrogen) atoms. The highest BCUT2D eigenvalue weighted by Gasteiger charge is 2.29. The van der Waals surface area contributed by atoms with E-state index in [2.05, 4.69) is 5.32 Å². The number of hydrogen-bond donors (Lipinski definition) is 5. The summed E-state index contributed by atoms with van der Waals surface area (Å²) in [6.07, 6.45) is -4.98. The van der Waals surface area contributed by atoms with E-state index in [0.717, 1.165) is 5.56 Å². The molecule has 1 rings (SSSR count). The van der Waals surface area contributed by atoms with Crippen LogP contribution in [0.25, 0.3) is 0 Å². The van der Waals surface area contributed by atoms with Gasteiger partial charge in [0.25, 0.3) is 0 Å². The van der Waals surface area contributed by atoms with Crippen LogP contribution in [0.3, 0.4) is 0 Å². The van der Waals surface area contributed by atoms with Crippen molar-refractivity contribution >= 4 is 11.5 Å². The Kier molecular flexibility index (Phi) is 5.91. The molecule has 0 unspecified atom stereocenters. The molecule has 0 aliphatic rings. The van der Waals surface area contributed by atoms with Crippen molar-refractivity contribution in [2.75, 3.05) is 18.5 Å². The van der Waals surface area contributed by atoms with Crippen molar-refractivity contribution in [2.24, 2.45) is 0 Å². The van der Waals surface area contributed by atoms with Crippen LogP contribution in [0.5, 0.6) is 0 Å². The van der Waals surface area contributed by atoms with Crippen molar-refractivity contribution in [3.63, 3.8) is 0 Å². The van der Waals surface area contributed by atoms with Crippen molar-refractivity contribution in [3.05, 3.63) is 29.8 Å². The topological polar surface area (TPSA) is 110 Å². The molecule has 0 amide bonds. The number of aryl methyl sites for hydroxylation is 1. The first-order valence-corrected chi connectivity index (χ1v) is 5.94. The Bertz CT molecular complexity index is 406. The van der Waals surface area contributed by atoms with E-state index in [9.17, 15) is 15.0 Å². The number of carbonyl (C=O) groups excluding carboxylic acids is 1. The predicted molar refractivity (Wildman–Crippen MR) is 69.8 cm³/mol. The Balaban J connectivity index is 2.48. The van der Waals surface area contributed by atoms with Crippen LogP contribution in [0.4, 0.5) is 5.69 Å². The van der Waals surface area contributed by atoms with Crippen LogP contribution in [0.1, 0.15) is 5.56 Å². The van der Waals surface area contributed by atoms with Gasteiger partial charge in [0.05, 0.1) is 13.2 Å². The number of benzene rings is 1. The monoisotopic (exact) mass is 269 g/mol. The maximum Gasteiger partial charge on any atom is 0.182 e. The summed E-state index contributed by atoms with van der Waals surface area (Å²) in [5.41, 5.74) is 1.79. The van der Waals surface area contributed by atoms with Crippen LogP contribution in [0.2, 0.25) is 0 Å². The lowest BCUT2D eigenvalue weighted by Crippen LogP contribution is -2.45. The molecule has 0 aliphatic heterocycles. The SMILES string of the molecule is Cc1ccc(NCC(=O)[C@H](O)[C@@H](O)[C@@H](O)CO)cc1. The first kappa shape index (κ1) is 15.6. The lowest BCUT2D eigenvalue weighted by Gasteiger charge is -2.20. The second-order valence-electron chi connectivity index (χ2n) is 4.37. The van der Waals surface area contributed by atoms with Crippen LogP contribution in [0, 0.1) is 6.92 Å². The fraction of sp³-hybridized carbons (Fsp3) is 0.462. The molecule has 0 aromatic heterocycles. The predicted octanol–water partition coefficient (Wildman–Crippen LogP) is -0.949.